The van der Waals surface area contributed by atoms with E-state index in [-0.39, 0.29) is 25.2 Å². The van der Waals surface area contributed by atoms with Gasteiger partial charge in [0, 0.05) is 18.3 Å². The first-order valence-electron chi connectivity index (χ1n) is 7.09. The molecule has 0 saturated heterocycles. The molecule has 1 fully saturated rings. The molecule has 1 amide bonds. The van der Waals surface area contributed by atoms with Crippen molar-refractivity contribution in [3.63, 3.8) is 0 Å². The lowest BCUT2D eigenvalue weighted by atomic mass is 10.2. The van der Waals surface area contributed by atoms with Crippen molar-refractivity contribution in [3.05, 3.63) is 24.3 Å². The van der Waals surface area contributed by atoms with E-state index >= 15 is 0 Å². The molecule has 5 nitrogen and oxygen atoms in total. The molecule has 1 aliphatic rings. The number of hydrogen-bond acceptors (Lipinski definition) is 4. The third-order valence-electron chi connectivity index (χ3n) is 3.67. The number of amides is 1. The summed E-state index contributed by atoms with van der Waals surface area (Å²) in [6.07, 6.45) is 4.35. The highest BCUT2D eigenvalue weighted by Crippen LogP contribution is 2.23. The normalized spacial score (nSPS) is 15.2. The van der Waals surface area contributed by atoms with E-state index in [2.05, 4.69) is 0 Å². The van der Waals surface area contributed by atoms with Gasteiger partial charge in [0.2, 0.25) is 0 Å². The number of carbonyl (C=O) groups is 1. The maximum Gasteiger partial charge on any atom is 0.260 e. The summed E-state index contributed by atoms with van der Waals surface area (Å²) < 4.78 is 5.48. The Labute approximate surface area is 119 Å². The molecule has 20 heavy (non-hydrogen) atoms. The number of nitrogens with two attached hydrogens (primary N) is 1. The number of rotatable bonds is 6. The maximum atomic E-state index is 12.2. The first-order valence-corrected chi connectivity index (χ1v) is 7.09. The Morgan fingerprint density at radius 3 is 2.55 bits per heavy atom. The van der Waals surface area contributed by atoms with Crippen LogP contribution in [-0.4, -0.2) is 41.7 Å². The van der Waals surface area contributed by atoms with Crippen LogP contribution in [0.25, 0.3) is 0 Å². The van der Waals surface area contributed by atoms with Crippen LogP contribution >= 0.6 is 0 Å². The van der Waals surface area contributed by atoms with Gasteiger partial charge in [0.05, 0.1) is 6.61 Å². The molecule has 0 aliphatic heterocycles. The summed E-state index contributed by atoms with van der Waals surface area (Å²) in [7, 11) is 0. The summed E-state index contributed by atoms with van der Waals surface area (Å²) in [6.45, 7) is 0.374. The Morgan fingerprint density at radius 1 is 1.30 bits per heavy atom. The Morgan fingerprint density at radius 2 is 1.95 bits per heavy atom. The van der Waals surface area contributed by atoms with Crippen LogP contribution in [0.15, 0.2) is 24.3 Å². The summed E-state index contributed by atoms with van der Waals surface area (Å²) >= 11 is 0. The molecule has 0 radical (unpaired) electrons. The minimum Gasteiger partial charge on any atom is -0.484 e. The largest absolute Gasteiger partial charge is 0.484 e. The van der Waals surface area contributed by atoms with Crippen LogP contribution in [0.4, 0.5) is 5.69 Å². The average molecular weight is 278 g/mol. The second-order valence-corrected chi connectivity index (χ2v) is 5.11. The molecule has 0 atom stereocenters. The minimum atomic E-state index is -0.0669. The van der Waals surface area contributed by atoms with Gasteiger partial charge in [-0.25, -0.2) is 0 Å². The summed E-state index contributed by atoms with van der Waals surface area (Å²) in [4.78, 5) is 14.0. The van der Waals surface area contributed by atoms with E-state index in [0.717, 1.165) is 25.7 Å². The second kappa shape index (κ2) is 7.14. The predicted octanol–water partition coefficient (Wildman–Crippen LogP) is 1.41. The van der Waals surface area contributed by atoms with Crippen LogP contribution in [0.1, 0.15) is 25.7 Å². The highest BCUT2D eigenvalue weighted by Gasteiger charge is 2.26. The highest BCUT2D eigenvalue weighted by atomic mass is 16.5. The molecule has 1 aliphatic carbocycles. The Kier molecular flexibility index (Phi) is 5.24. The molecule has 0 aromatic heterocycles. The molecular formula is C15H22N2O3. The number of nitrogen functional groups attached to an aromatic ring is 1. The van der Waals surface area contributed by atoms with Gasteiger partial charge >= 0.3 is 0 Å². The van der Waals surface area contributed by atoms with Crippen LogP contribution in [0.2, 0.25) is 0 Å². The summed E-state index contributed by atoms with van der Waals surface area (Å²) in [5, 5.41) is 9.11. The molecule has 110 valence electrons. The van der Waals surface area contributed by atoms with Gasteiger partial charge in [0.1, 0.15) is 5.75 Å². The number of carbonyl (C=O) groups excluding carboxylic acids is 1. The van der Waals surface area contributed by atoms with Gasteiger partial charge in [0.25, 0.3) is 5.91 Å². The summed E-state index contributed by atoms with van der Waals surface area (Å²) in [5.74, 6) is 0.561. The fourth-order valence-electron chi connectivity index (χ4n) is 2.63. The highest BCUT2D eigenvalue weighted by molar-refractivity contribution is 5.78. The van der Waals surface area contributed by atoms with Gasteiger partial charge in [-0.1, -0.05) is 12.8 Å². The van der Waals surface area contributed by atoms with Gasteiger partial charge in [-0.3, -0.25) is 4.79 Å². The van der Waals surface area contributed by atoms with Crippen molar-refractivity contribution in [1.29, 1.82) is 0 Å². The van der Waals surface area contributed by atoms with Crippen LogP contribution in [0.3, 0.4) is 0 Å². The quantitative estimate of drug-likeness (QED) is 0.771. The zero-order valence-electron chi connectivity index (χ0n) is 11.6. The van der Waals surface area contributed by atoms with Crippen molar-refractivity contribution < 1.29 is 14.6 Å². The number of nitrogens with zero attached hydrogens (tertiary/aromatic N) is 1. The number of hydrogen-bond donors (Lipinski definition) is 2. The maximum absolute atomic E-state index is 12.2. The van der Waals surface area contributed by atoms with E-state index in [0.29, 0.717) is 18.0 Å². The predicted molar refractivity (Wildman–Crippen MR) is 77.4 cm³/mol. The Bertz CT molecular complexity index is 427. The molecule has 3 N–H and O–H groups in total. The number of aliphatic hydroxyl groups is 1. The molecule has 0 heterocycles. The molecule has 1 saturated carbocycles. The minimum absolute atomic E-state index is 0.000415. The third-order valence-corrected chi connectivity index (χ3v) is 3.67. The van der Waals surface area contributed by atoms with E-state index in [1.165, 1.54) is 0 Å². The number of anilines is 1. The number of ether oxygens (including phenoxy) is 1. The zero-order valence-corrected chi connectivity index (χ0v) is 11.6. The topological polar surface area (TPSA) is 75.8 Å². The van der Waals surface area contributed by atoms with Gasteiger partial charge in [-0.05, 0) is 37.1 Å². The molecule has 2 rings (SSSR count). The average Bonchev–Trinajstić information content (AvgIpc) is 2.97. The van der Waals surface area contributed by atoms with E-state index in [1.54, 1.807) is 29.2 Å². The molecule has 0 bridgehead atoms. The van der Waals surface area contributed by atoms with Gasteiger partial charge < -0.3 is 20.5 Å². The van der Waals surface area contributed by atoms with Gasteiger partial charge in [-0.15, -0.1) is 0 Å². The Balaban J connectivity index is 1.89. The third kappa shape index (κ3) is 3.87. The van der Waals surface area contributed by atoms with E-state index < -0.39 is 0 Å². The van der Waals surface area contributed by atoms with Crippen LogP contribution in [0, 0.1) is 0 Å². The van der Waals surface area contributed by atoms with Crippen molar-refractivity contribution in [3.8, 4) is 5.75 Å². The van der Waals surface area contributed by atoms with Gasteiger partial charge in [-0.2, -0.15) is 0 Å². The number of benzene rings is 1. The summed E-state index contributed by atoms with van der Waals surface area (Å²) in [5.41, 5.74) is 6.26. The Hall–Kier alpha value is -1.75. The zero-order chi connectivity index (χ0) is 14.4. The molecule has 1 aromatic rings. The van der Waals surface area contributed by atoms with Crippen LogP contribution in [0.5, 0.6) is 5.75 Å². The lowest BCUT2D eigenvalue weighted by Gasteiger charge is -2.28. The smallest absolute Gasteiger partial charge is 0.260 e. The number of aliphatic hydroxyl groups excluding tert-OH is 1. The summed E-state index contributed by atoms with van der Waals surface area (Å²) in [6, 6.07) is 7.22. The van der Waals surface area contributed by atoms with Crippen LogP contribution < -0.4 is 10.5 Å². The fraction of sp³-hybridized carbons (Fsp3) is 0.533. The molecule has 5 heteroatoms. The molecule has 0 spiro atoms. The van der Waals surface area contributed by atoms with Crippen LogP contribution in [-0.2, 0) is 4.79 Å². The second-order valence-electron chi connectivity index (χ2n) is 5.11. The van der Waals surface area contributed by atoms with E-state index in [4.69, 9.17) is 15.6 Å². The van der Waals surface area contributed by atoms with Crippen molar-refractivity contribution in [2.24, 2.45) is 0 Å². The lowest BCUT2D eigenvalue weighted by Crippen LogP contribution is -2.43. The monoisotopic (exact) mass is 278 g/mol. The van der Waals surface area contributed by atoms with Crippen molar-refractivity contribution in [1.82, 2.24) is 4.90 Å². The van der Waals surface area contributed by atoms with E-state index in [1.807, 2.05) is 0 Å². The molecule has 1 aromatic carbocycles. The fourth-order valence-corrected chi connectivity index (χ4v) is 2.63. The molecule has 0 unspecified atom stereocenters. The van der Waals surface area contributed by atoms with Crippen molar-refractivity contribution in [2.75, 3.05) is 25.5 Å². The lowest BCUT2D eigenvalue weighted by molar-refractivity contribution is -0.136. The molecular weight excluding hydrogens is 256 g/mol. The van der Waals surface area contributed by atoms with Crippen molar-refractivity contribution in [2.45, 2.75) is 31.7 Å². The standard InChI is InChI=1S/C15H22N2O3/c16-12-5-7-14(8-6-12)20-11-15(19)17(9-10-18)13-3-1-2-4-13/h5-8,13,18H,1-4,9-11,16H2. The first kappa shape index (κ1) is 14.7. The first-order chi connectivity index (χ1) is 9.70. The SMILES string of the molecule is Nc1ccc(OCC(=O)N(CCO)C2CCCC2)cc1. The van der Waals surface area contributed by atoms with Crippen molar-refractivity contribution >= 4 is 11.6 Å². The van der Waals surface area contributed by atoms with E-state index in [9.17, 15) is 4.79 Å². The van der Waals surface area contributed by atoms with Gasteiger partial charge in [0.15, 0.2) is 6.61 Å².